The number of nitrogens with zero attached hydrogens (tertiary/aromatic N) is 3. The lowest BCUT2D eigenvalue weighted by molar-refractivity contribution is 0.879. The molecule has 0 aliphatic heterocycles. The first-order chi connectivity index (χ1) is 8.33. The van der Waals surface area contributed by atoms with Crippen molar-refractivity contribution in [3.63, 3.8) is 0 Å². The van der Waals surface area contributed by atoms with Gasteiger partial charge in [0.25, 0.3) is 11.3 Å². The summed E-state index contributed by atoms with van der Waals surface area (Å²) in [7, 11) is 0. The molecule has 0 bridgehead atoms. The average Bonchev–Trinajstić information content (AvgIpc) is 2.79. The minimum atomic E-state index is -0.140. The van der Waals surface area contributed by atoms with Gasteiger partial charge in [0.2, 0.25) is 0 Å². The molecule has 2 heterocycles. The molecule has 1 aromatic carbocycles. The number of aromatic nitrogens is 4. The van der Waals surface area contributed by atoms with Gasteiger partial charge in [0.1, 0.15) is 6.33 Å². The minimum Gasteiger partial charge on any atom is -0.278 e. The molecule has 0 radical (unpaired) electrons. The first kappa shape index (κ1) is 9.77. The Morgan fingerprint density at radius 1 is 1.24 bits per heavy atom. The van der Waals surface area contributed by atoms with Crippen molar-refractivity contribution in [2.75, 3.05) is 0 Å². The molecule has 0 aliphatic carbocycles. The molecule has 5 nitrogen and oxygen atoms in total. The summed E-state index contributed by atoms with van der Waals surface area (Å²) in [4.78, 5) is 20.0. The molecule has 0 saturated carbocycles. The number of fused-ring (bicyclic) bond motifs is 1. The van der Waals surface area contributed by atoms with Crippen LogP contribution in [0.1, 0.15) is 11.3 Å². The number of rotatable bonds is 2. The van der Waals surface area contributed by atoms with Crippen LogP contribution in [0.2, 0.25) is 0 Å². The van der Waals surface area contributed by atoms with Gasteiger partial charge < -0.3 is 0 Å². The summed E-state index contributed by atoms with van der Waals surface area (Å²) in [5, 5.41) is 2.71. The Hall–Kier alpha value is -2.43. The molecule has 0 aliphatic rings. The Morgan fingerprint density at radius 2 is 2.06 bits per heavy atom. The van der Waals surface area contributed by atoms with E-state index >= 15 is 0 Å². The summed E-state index contributed by atoms with van der Waals surface area (Å²) in [5.41, 5.74) is 1.71. The first-order valence-electron chi connectivity index (χ1n) is 5.29. The van der Waals surface area contributed by atoms with Crippen LogP contribution in [0.3, 0.4) is 0 Å². The molecule has 2 aromatic heterocycles. The fourth-order valence-electron chi connectivity index (χ4n) is 1.76. The summed E-state index contributed by atoms with van der Waals surface area (Å²) in [6.45, 7) is 0. The molecule has 0 saturated heterocycles. The molecule has 1 N–H and O–H groups in total. The quantitative estimate of drug-likeness (QED) is 0.709. The third kappa shape index (κ3) is 1.82. The van der Waals surface area contributed by atoms with Crippen LogP contribution >= 0.6 is 0 Å². The van der Waals surface area contributed by atoms with E-state index in [4.69, 9.17) is 0 Å². The van der Waals surface area contributed by atoms with Gasteiger partial charge in [-0.15, -0.1) is 0 Å². The zero-order valence-electron chi connectivity index (χ0n) is 9.00. The molecular weight excluding hydrogens is 216 g/mol. The molecule has 0 atom stereocenters. The van der Waals surface area contributed by atoms with Crippen LogP contribution in [0.4, 0.5) is 0 Å². The lowest BCUT2D eigenvalue weighted by Crippen LogP contribution is -2.15. The Kier molecular flexibility index (Phi) is 2.22. The lowest BCUT2D eigenvalue weighted by atomic mass is 10.1. The van der Waals surface area contributed by atoms with E-state index in [1.165, 1.54) is 16.9 Å². The van der Waals surface area contributed by atoms with Crippen LogP contribution in [0.25, 0.3) is 5.78 Å². The van der Waals surface area contributed by atoms with E-state index < -0.39 is 0 Å². The summed E-state index contributed by atoms with van der Waals surface area (Å²) in [5.74, 6) is 0.406. The minimum absolute atomic E-state index is 0.140. The third-order valence-corrected chi connectivity index (χ3v) is 2.55. The first-order valence-corrected chi connectivity index (χ1v) is 5.29. The molecule has 0 fully saturated rings. The molecular formula is C12H10N4O. The summed E-state index contributed by atoms with van der Waals surface area (Å²) in [6, 6.07) is 11.4. The monoisotopic (exact) mass is 226 g/mol. The van der Waals surface area contributed by atoms with Gasteiger partial charge in [-0.05, 0) is 5.56 Å². The Balaban J connectivity index is 2.04. The fourth-order valence-corrected chi connectivity index (χ4v) is 1.76. The van der Waals surface area contributed by atoms with Crippen molar-refractivity contribution in [2.45, 2.75) is 6.42 Å². The molecule has 3 rings (SSSR count). The van der Waals surface area contributed by atoms with Gasteiger partial charge in [-0.2, -0.15) is 4.52 Å². The molecule has 0 amide bonds. The maximum Gasteiger partial charge on any atom is 0.274 e. The van der Waals surface area contributed by atoms with Gasteiger partial charge >= 0.3 is 0 Å². The van der Waals surface area contributed by atoms with E-state index in [1.54, 1.807) is 0 Å². The number of H-pyrrole nitrogens is 1. The lowest BCUT2D eigenvalue weighted by Gasteiger charge is -2.00. The standard InChI is InChI=1S/C12H10N4O/c17-11-7-10(6-9-4-2-1-3-5-9)15-12-13-8-14-16(11)12/h1-5,7-8H,6H2,(H,13,14,15). The maximum absolute atomic E-state index is 11.7. The van der Waals surface area contributed by atoms with Gasteiger partial charge in [-0.25, -0.2) is 9.97 Å². The van der Waals surface area contributed by atoms with Crippen molar-refractivity contribution in [3.05, 3.63) is 64.3 Å². The van der Waals surface area contributed by atoms with E-state index in [-0.39, 0.29) is 5.56 Å². The second kappa shape index (κ2) is 3.86. The van der Waals surface area contributed by atoms with E-state index in [9.17, 15) is 4.79 Å². The number of hydrogen-bond donors (Lipinski definition) is 1. The van der Waals surface area contributed by atoms with Crippen molar-refractivity contribution in [2.24, 2.45) is 0 Å². The molecule has 5 heteroatoms. The molecule has 17 heavy (non-hydrogen) atoms. The van der Waals surface area contributed by atoms with E-state index in [1.807, 2.05) is 30.3 Å². The molecule has 3 aromatic rings. The zero-order valence-corrected chi connectivity index (χ0v) is 9.00. The predicted octanol–water partition coefficient (Wildman–Crippen LogP) is 1.01. The van der Waals surface area contributed by atoms with Crippen molar-refractivity contribution in [1.82, 2.24) is 19.6 Å². The van der Waals surface area contributed by atoms with Gasteiger partial charge in [0, 0.05) is 12.5 Å². The highest BCUT2D eigenvalue weighted by molar-refractivity contribution is 5.29. The Morgan fingerprint density at radius 3 is 2.88 bits per heavy atom. The largest absolute Gasteiger partial charge is 0.278 e. The van der Waals surface area contributed by atoms with Gasteiger partial charge in [0.15, 0.2) is 0 Å². The topological polar surface area (TPSA) is 63.0 Å². The summed E-state index contributed by atoms with van der Waals surface area (Å²) >= 11 is 0. The summed E-state index contributed by atoms with van der Waals surface area (Å²) in [6.07, 6.45) is 2.09. The van der Waals surface area contributed by atoms with Crippen LogP contribution in [0.5, 0.6) is 0 Å². The highest BCUT2D eigenvalue weighted by atomic mass is 16.1. The van der Waals surface area contributed by atoms with Gasteiger partial charge in [-0.3, -0.25) is 9.89 Å². The fraction of sp³-hybridized carbons (Fsp3) is 0.0833. The van der Waals surface area contributed by atoms with E-state index in [2.05, 4.69) is 15.1 Å². The molecule has 0 spiro atoms. The zero-order chi connectivity index (χ0) is 11.7. The second-order valence-electron chi connectivity index (χ2n) is 3.77. The maximum atomic E-state index is 11.7. The van der Waals surface area contributed by atoms with Gasteiger partial charge in [-0.1, -0.05) is 30.3 Å². The molecule has 0 unspecified atom stereocenters. The third-order valence-electron chi connectivity index (χ3n) is 2.55. The highest BCUT2D eigenvalue weighted by Crippen LogP contribution is 2.05. The van der Waals surface area contributed by atoms with Crippen LogP contribution in [-0.2, 0) is 6.42 Å². The van der Waals surface area contributed by atoms with E-state index in [0.717, 1.165) is 11.3 Å². The van der Waals surface area contributed by atoms with Crippen molar-refractivity contribution >= 4 is 5.78 Å². The number of hydrogen-bond acceptors (Lipinski definition) is 3. The van der Waals surface area contributed by atoms with Crippen LogP contribution in [0.15, 0.2) is 47.5 Å². The Labute approximate surface area is 96.8 Å². The van der Waals surface area contributed by atoms with Crippen molar-refractivity contribution < 1.29 is 0 Å². The average molecular weight is 226 g/mol. The van der Waals surface area contributed by atoms with Gasteiger partial charge in [0.05, 0.1) is 5.69 Å². The number of nitrogens with one attached hydrogen (secondary N) is 1. The van der Waals surface area contributed by atoms with Crippen LogP contribution in [0, 0.1) is 0 Å². The van der Waals surface area contributed by atoms with Crippen LogP contribution in [-0.4, -0.2) is 19.6 Å². The Bertz CT molecular complexity index is 699. The smallest absolute Gasteiger partial charge is 0.274 e. The van der Waals surface area contributed by atoms with E-state index in [0.29, 0.717) is 12.2 Å². The van der Waals surface area contributed by atoms with Crippen molar-refractivity contribution in [3.8, 4) is 0 Å². The predicted molar refractivity (Wildman–Crippen MR) is 62.9 cm³/mol. The molecule has 84 valence electrons. The number of benzene rings is 1. The SMILES string of the molecule is O=c1cc(Cc2ccccc2)nc2nc[nH]n12. The van der Waals surface area contributed by atoms with Crippen molar-refractivity contribution in [1.29, 1.82) is 0 Å². The normalized spacial score (nSPS) is 10.8. The number of aromatic amines is 1. The summed E-state index contributed by atoms with van der Waals surface area (Å²) < 4.78 is 1.31. The highest BCUT2D eigenvalue weighted by Gasteiger charge is 2.04. The second-order valence-corrected chi connectivity index (χ2v) is 3.77. The van der Waals surface area contributed by atoms with Crippen LogP contribution < -0.4 is 5.56 Å².